The maximum absolute atomic E-state index is 13.2. The molecule has 0 saturated carbocycles. The Morgan fingerprint density at radius 3 is 2.49 bits per heavy atom. The number of H-pyrrole nitrogens is 1. The van der Waals surface area contributed by atoms with E-state index in [4.69, 9.17) is 0 Å². The second-order valence-corrected chi connectivity index (χ2v) is 8.07. The molecule has 0 spiro atoms. The molecule has 6 nitrogen and oxygen atoms in total. The van der Waals surface area contributed by atoms with Gasteiger partial charge in [-0.2, -0.15) is 5.10 Å². The fourth-order valence-electron chi connectivity index (χ4n) is 3.83. The lowest BCUT2D eigenvalue weighted by atomic mass is 10.0. The molecule has 0 bridgehead atoms. The number of aromatic amines is 1. The second-order valence-electron chi connectivity index (χ2n) is 8.07. The van der Waals surface area contributed by atoms with E-state index in [1.54, 1.807) is 54.7 Å². The normalized spacial score (nSPS) is 11.1. The van der Waals surface area contributed by atoms with Gasteiger partial charge in [-0.05, 0) is 48.0 Å². The molecule has 0 atom stereocenters. The van der Waals surface area contributed by atoms with Gasteiger partial charge in [0.2, 0.25) is 5.91 Å². The second kappa shape index (κ2) is 9.97. The fourth-order valence-corrected chi connectivity index (χ4v) is 3.83. The highest BCUT2D eigenvalue weighted by Gasteiger charge is 2.13. The number of nitrogens with one attached hydrogen (secondary N) is 2. The largest absolute Gasteiger partial charge is 0.326 e. The molecular formula is C29H22N4O2. The Hall–Kier alpha value is -4.84. The van der Waals surface area contributed by atoms with E-state index in [9.17, 15) is 9.59 Å². The Labute approximate surface area is 202 Å². The zero-order valence-corrected chi connectivity index (χ0v) is 18.8. The van der Waals surface area contributed by atoms with Crippen molar-refractivity contribution in [3.8, 4) is 0 Å². The van der Waals surface area contributed by atoms with Crippen LogP contribution in [-0.4, -0.2) is 26.9 Å². The van der Waals surface area contributed by atoms with Crippen LogP contribution in [0.4, 0.5) is 5.69 Å². The summed E-state index contributed by atoms with van der Waals surface area (Å²) in [4.78, 5) is 29.7. The van der Waals surface area contributed by atoms with Crippen LogP contribution in [0.2, 0.25) is 0 Å². The molecule has 0 unspecified atom stereocenters. The van der Waals surface area contributed by atoms with Gasteiger partial charge in [0.15, 0.2) is 5.78 Å². The summed E-state index contributed by atoms with van der Waals surface area (Å²) in [5, 5.41) is 11.2. The van der Waals surface area contributed by atoms with Crippen molar-refractivity contribution in [2.24, 2.45) is 0 Å². The van der Waals surface area contributed by atoms with Crippen molar-refractivity contribution in [3.05, 3.63) is 125 Å². The summed E-state index contributed by atoms with van der Waals surface area (Å²) < 4.78 is 0. The molecule has 0 aliphatic heterocycles. The first kappa shape index (κ1) is 22.0. The number of benzene rings is 3. The minimum absolute atomic E-state index is 0.135. The molecular weight excluding hydrogens is 436 g/mol. The standard InChI is InChI=1S/C29H22N4O2/c34-28(19-23-10-4-5-16-30-23)31-24-11-6-9-21(17-24)29(35)22-13-14-25-26(32-33-27(25)18-22)15-12-20-7-2-1-3-8-20/h1-18H,19H2,(H,31,34)(H,32,33). The third kappa shape index (κ3) is 5.23. The smallest absolute Gasteiger partial charge is 0.230 e. The van der Waals surface area contributed by atoms with E-state index >= 15 is 0 Å². The molecule has 2 heterocycles. The lowest BCUT2D eigenvalue weighted by Crippen LogP contribution is -2.15. The van der Waals surface area contributed by atoms with Crippen molar-refractivity contribution in [1.82, 2.24) is 15.2 Å². The summed E-state index contributed by atoms with van der Waals surface area (Å²) in [6.45, 7) is 0. The van der Waals surface area contributed by atoms with Gasteiger partial charge in [0, 0.05) is 34.1 Å². The number of fused-ring (bicyclic) bond motifs is 1. The number of aromatic nitrogens is 3. The van der Waals surface area contributed by atoms with Crippen LogP contribution in [0.1, 0.15) is 32.9 Å². The number of amides is 1. The third-order valence-electron chi connectivity index (χ3n) is 5.56. The molecule has 6 heteroatoms. The fraction of sp³-hybridized carbons (Fsp3) is 0.0345. The number of ketones is 1. The Kier molecular flexibility index (Phi) is 6.26. The number of nitrogens with zero attached hydrogens (tertiary/aromatic N) is 2. The molecule has 3 aromatic carbocycles. The van der Waals surface area contributed by atoms with E-state index in [1.807, 2.05) is 54.6 Å². The van der Waals surface area contributed by atoms with Crippen LogP contribution in [0.25, 0.3) is 23.1 Å². The molecule has 170 valence electrons. The Morgan fingerprint density at radius 2 is 1.66 bits per heavy atom. The van der Waals surface area contributed by atoms with Gasteiger partial charge in [-0.15, -0.1) is 0 Å². The quantitative estimate of drug-likeness (QED) is 0.314. The average Bonchev–Trinajstić information content (AvgIpc) is 3.30. The van der Waals surface area contributed by atoms with Crippen molar-refractivity contribution < 1.29 is 9.59 Å². The summed E-state index contributed by atoms with van der Waals surface area (Å²) in [6, 6.07) is 27.9. The van der Waals surface area contributed by atoms with Crippen LogP contribution in [0.5, 0.6) is 0 Å². The molecule has 5 aromatic rings. The van der Waals surface area contributed by atoms with Crippen LogP contribution in [-0.2, 0) is 11.2 Å². The van der Waals surface area contributed by atoms with E-state index in [1.165, 1.54) is 0 Å². The molecule has 0 saturated heterocycles. The Balaban J connectivity index is 1.32. The zero-order valence-electron chi connectivity index (χ0n) is 18.8. The van der Waals surface area contributed by atoms with Crippen molar-refractivity contribution >= 4 is 40.4 Å². The van der Waals surface area contributed by atoms with Gasteiger partial charge in [0.05, 0.1) is 17.6 Å². The number of hydrogen-bond acceptors (Lipinski definition) is 4. The molecule has 0 aliphatic rings. The highest BCUT2D eigenvalue weighted by atomic mass is 16.1. The SMILES string of the molecule is O=C(Cc1ccccn1)Nc1cccc(C(=O)c2ccc3c(C=Cc4ccccc4)n[nH]c3c2)c1. The van der Waals surface area contributed by atoms with E-state index in [-0.39, 0.29) is 18.1 Å². The van der Waals surface area contributed by atoms with Crippen LogP contribution >= 0.6 is 0 Å². The van der Waals surface area contributed by atoms with Gasteiger partial charge in [-0.3, -0.25) is 19.7 Å². The van der Waals surface area contributed by atoms with E-state index in [0.29, 0.717) is 22.5 Å². The first-order valence-electron chi connectivity index (χ1n) is 11.2. The van der Waals surface area contributed by atoms with Crippen molar-refractivity contribution in [2.75, 3.05) is 5.32 Å². The minimum Gasteiger partial charge on any atom is -0.326 e. The maximum atomic E-state index is 13.2. The predicted molar refractivity (Wildman–Crippen MR) is 138 cm³/mol. The molecule has 5 rings (SSSR count). The highest BCUT2D eigenvalue weighted by Crippen LogP contribution is 2.22. The zero-order chi connectivity index (χ0) is 24.0. The minimum atomic E-state index is -0.191. The summed E-state index contributed by atoms with van der Waals surface area (Å²) in [5.74, 6) is -0.327. The topological polar surface area (TPSA) is 87.7 Å². The molecule has 2 N–H and O–H groups in total. The lowest BCUT2D eigenvalue weighted by Gasteiger charge is -2.07. The van der Waals surface area contributed by atoms with E-state index < -0.39 is 0 Å². The van der Waals surface area contributed by atoms with Gasteiger partial charge in [0.1, 0.15) is 0 Å². The molecule has 0 fully saturated rings. The molecule has 35 heavy (non-hydrogen) atoms. The first-order valence-corrected chi connectivity index (χ1v) is 11.2. The number of hydrogen-bond donors (Lipinski definition) is 2. The van der Waals surface area contributed by atoms with E-state index in [0.717, 1.165) is 22.2 Å². The summed E-state index contributed by atoms with van der Waals surface area (Å²) >= 11 is 0. The van der Waals surface area contributed by atoms with Crippen LogP contribution < -0.4 is 5.32 Å². The summed E-state index contributed by atoms with van der Waals surface area (Å²) in [7, 11) is 0. The Morgan fingerprint density at radius 1 is 0.829 bits per heavy atom. The van der Waals surface area contributed by atoms with Gasteiger partial charge < -0.3 is 5.32 Å². The molecule has 0 aliphatic carbocycles. The van der Waals surface area contributed by atoms with Gasteiger partial charge in [-0.1, -0.05) is 60.7 Å². The van der Waals surface area contributed by atoms with Crippen molar-refractivity contribution in [1.29, 1.82) is 0 Å². The number of rotatable bonds is 7. The average molecular weight is 459 g/mol. The van der Waals surface area contributed by atoms with Crippen LogP contribution in [0, 0.1) is 0 Å². The number of pyridine rings is 1. The van der Waals surface area contributed by atoms with Crippen molar-refractivity contribution in [3.63, 3.8) is 0 Å². The monoisotopic (exact) mass is 458 g/mol. The number of carbonyl (C=O) groups excluding carboxylic acids is 2. The first-order chi connectivity index (χ1) is 17.2. The predicted octanol–water partition coefficient (Wildman–Crippen LogP) is 5.54. The number of carbonyl (C=O) groups is 2. The maximum Gasteiger partial charge on any atom is 0.230 e. The Bertz CT molecular complexity index is 1520. The molecule has 1 amide bonds. The van der Waals surface area contributed by atoms with Crippen LogP contribution in [0.3, 0.4) is 0 Å². The van der Waals surface area contributed by atoms with Crippen molar-refractivity contribution in [2.45, 2.75) is 6.42 Å². The highest BCUT2D eigenvalue weighted by molar-refractivity contribution is 6.11. The van der Waals surface area contributed by atoms with Crippen LogP contribution in [0.15, 0.2) is 97.2 Å². The van der Waals surface area contributed by atoms with Gasteiger partial charge in [-0.25, -0.2) is 0 Å². The lowest BCUT2D eigenvalue weighted by molar-refractivity contribution is -0.115. The molecule has 2 aromatic heterocycles. The summed E-state index contributed by atoms with van der Waals surface area (Å²) in [5.41, 5.74) is 4.95. The van der Waals surface area contributed by atoms with Gasteiger partial charge in [0.25, 0.3) is 0 Å². The summed E-state index contributed by atoms with van der Waals surface area (Å²) in [6.07, 6.45) is 5.77. The molecule has 0 radical (unpaired) electrons. The third-order valence-corrected chi connectivity index (χ3v) is 5.56. The number of anilines is 1. The van der Waals surface area contributed by atoms with Gasteiger partial charge >= 0.3 is 0 Å². The van der Waals surface area contributed by atoms with E-state index in [2.05, 4.69) is 20.5 Å².